The molecule has 0 amide bonds. The monoisotopic (exact) mass is 222 g/mol. The molecule has 88 valence electrons. The summed E-state index contributed by atoms with van der Waals surface area (Å²) in [4.78, 5) is 11.5. The van der Waals surface area contributed by atoms with Crippen molar-refractivity contribution in [1.82, 2.24) is 0 Å². The van der Waals surface area contributed by atoms with Gasteiger partial charge in [-0.2, -0.15) is 0 Å². The van der Waals surface area contributed by atoms with Gasteiger partial charge in [-0.05, 0) is 30.0 Å². The molecule has 3 nitrogen and oxygen atoms in total. The van der Waals surface area contributed by atoms with Gasteiger partial charge in [0.25, 0.3) is 0 Å². The number of ether oxygens (including phenoxy) is 1. The Morgan fingerprint density at radius 1 is 1.50 bits per heavy atom. The average Bonchev–Trinajstić information content (AvgIpc) is 2.35. The van der Waals surface area contributed by atoms with E-state index in [9.17, 15) is 4.79 Å². The van der Waals surface area contributed by atoms with Crippen molar-refractivity contribution in [2.24, 2.45) is 0 Å². The first-order chi connectivity index (χ1) is 7.69. The zero-order chi connectivity index (χ0) is 12.0. The minimum Gasteiger partial charge on any atom is -0.460 e. The normalized spacial score (nSPS) is 12.2. The molecule has 3 heteroatoms. The third-order valence-electron chi connectivity index (χ3n) is 2.63. The molecule has 0 saturated carbocycles. The number of carbonyl (C=O) groups excluding carboxylic acids is 1. The van der Waals surface area contributed by atoms with Crippen molar-refractivity contribution in [3.63, 3.8) is 0 Å². The molecule has 0 spiro atoms. The Hall–Kier alpha value is -1.35. The standard InChI is InChI=1S/C13H18O3/c1-3-10(2)11-5-4-6-12(9-11)13(15)16-8-7-14/h4-6,9-10,14H,3,7-8H2,1-2H3. The van der Waals surface area contributed by atoms with Crippen LogP contribution in [0.1, 0.15) is 42.1 Å². The number of rotatable bonds is 5. The Kier molecular flexibility index (Phi) is 4.99. The maximum Gasteiger partial charge on any atom is 0.338 e. The van der Waals surface area contributed by atoms with Crippen LogP contribution in [0.15, 0.2) is 24.3 Å². The summed E-state index contributed by atoms with van der Waals surface area (Å²) in [6, 6.07) is 7.45. The highest BCUT2D eigenvalue weighted by Crippen LogP contribution is 2.19. The largest absolute Gasteiger partial charge is 0.460 e. The van der Waals surface area contributed by atoms with E-state index in [1.807, 2.05) is 18.2 Å². The summed E-state index contributed by atoms with van der Waals surface area (Å²) >= 11 is 0. The Bertz CT molecular complexity index is 347. The van der Waals surface area contributed by atoms with Crippen molar-refractivity contribution in [3.8, 4) is 0 Å². The summed E-state index contributed by atoms with van der Waals surface area (Å²) in [7, 11) is 0. The van der Waals surface area contributed by atoms with E-state index in [0.717, 1.165) is 12.0 Å². The van der Waals surface area contributed by atoms with E-state index < -0.39 is 0 Å². The van der Waals surface area contributed by atoms with Crippen molar-refractivity contribution in [2.75, 3.05) is 13.2 Å². The second-order valence-electron chi connectivity index (χ2n) is 3.79. The highest BCUT2D eigenvalue weighted by Gasteiger charge is 2.09. The number of hydrogen-bond donors (Lipinski definition) is 1. The minimum atomic E-state index is -0.376. The van der Waals surface area contributed by atoms with E-state index in [2.05, 4.69) is 13.8 Å². The van der Waals surface area contributed by atoms with Crippen LogP contribution in [0.3, 0.4) is 0 Å². The van der Waals surface area contributed by atoms with Crippen molar-refractivity contribution >= 4 is 5.97 Å². The van der Waals surface area contributed by atoms with Crippen LogP contribution in [0.2, 0.25) is 0 Å². The number of esters is 1. The van der Waals surface area contributed by atoms with Crippen LogP contribution in [0, 0.1) is 0 Å². The molecule has 1 aromatic rings. The molecule has 0 aliphatic carbocycles. The highest BCUT2D eigenvalue weighted by atomic mass is 16.5. The lowest BCUT2D eigenvalue weighted by molar-refractivity contribution is 0.0433. The number of hydrogen-bond acceptors (Lipinski definition) is 3. The molecule has 0 saturated heterocycles. The van der Waals surface area contributed by atoms with E-state index in [4.69, 9.17) is 9.84 Å². The molecule has 0 aliphatic rings. The fourth-order valence-corrected chi connectivity index (χ4v) is 1.43. The summed E-state index contributed by atoms with van der Waals surface area (Å²) in [5.41, 5.74) is 1.69. The molecule has 1 N–H and O–H groups in total. The zero-order valence-corrected chi connectivity index (χ0v) is 9.77. The van der Waals surface area contributed by atoms with Gasteiger partial charge in [0.2, 0.25) is 0 Å². The predicted molar refractivity (Wildman–Crippen MR) is 62.5 cm³/mol. The third kappa shape index (κ3) is 3.35. The molecule has 1 unspecified atom stereocenters. The smallest absolute Gasteiger partial charge is 0.338 e. The quantitative estimate of drug-likeness (QED) is 0.778. The van der Waals surface area contributed by atoms with Crippen LogP contribution < -0.4 is 0 Å². The van der Waals surface area contributed by atoms with E-state index in [1.54, 1.807) is 6.07 Å². The molecule has 0 aromatic heterocycles. The van der Waals surface area contributed by atoms with Crippen LogP contribution in [0.5, 0.6) is 0 Å². The topological polar surface area (TPSA) is 46.5 Å². The van der Waals surface area contributed by atoms with E-state index >= 15 is 0 Å². The fraction of sp³-hybridized carbons (Fsp3) is 0.462. The van der Waals surface area contributed by atoms with Gasteiger partial charge >= 0.3 is 5.97 Å². The lowest BCUT2D eigenvalue weighted by atomic mass is 9.97. The number of carbonyl (C=O) groups is 1. The van der Waals surface area contributed by atoms with Crippen molar-refractivity contribution in [2.45, 2.75) is 26.2 Å². The molecule has 0 aliphatic heterocycles. The lowest BCUT2D eigenvalue weighted by Gasteiger charge is -2.10. The lowest BCUT2D eigenvalue weighted by Crippen LogP contribution is -2.09. The van der Waals surface area contributed by atoms with Gasteiger partial charge in [-0.15, -0.1) is 0 Å². The Labute approximate surface area is 96.1 Å². The second kappa shape index (κ2) is 6.28. The first kappa shape index (κ1) is 12.7. The van der Waals surface area contributed by atoms with Crippen molar-refractivity contribution in [3.05, 3.63) is 35.4 Å². The van der Waals surface area contributed by atoms with E-state index in [1.165, 1.54) is 0 Å². The first-order valence-corrected chi connectivity index (χ1v) is 5.57. The number of benzene rings is 1. The number of aliphatic hydroxyl groups is 1. The summed E-state index contributed by atoms with van der Waals surface area (Å²) in [5, 5.41) is 8.57. The number of aliphatic hydroxyl groups excluding tert-OH is 1. The molecule has 16 heavy (non-hydrogen) atoms. The van der Waals surface area contributed by atoms with Gasteiger partial charge in [-0.25, -0.2) is 4.79 Å². The first-order valence-electron chi connectivity index (χ1n) is 5.57. The van der Waals surface area contributed by atoms with Gasteiger partial charge in [-0.1, -0.05) is 26.0 Å². The maximum atomic E-state index is 11.5. The Balaban J connectivity index is 2.77. The Morgan fingerprint density at radius 2 is 2.25 bits per heavy atom. The molecule has 1 rings (SSSR count). The molecule has 0 radical (unpaired) electrons. The van der Waals surface area contributed by atoms with Crippen molar-refractivity contribution in [1.29, 1.82) is 0 Å². The van der Waals surface area contributed by atoms with Gasteiger partial charge in [0.1, 0.15) is 6.61 Å². The van der Waals surface area contributed by atoms with Crippen LogP contribution in [-0.2, 0) is 4.74 Å². The zero-order valence-electron chi connectivity index (χ0n) is 9.77. The molecule has 1 aromatic carbocycles. The summed E-state index contributed by atoms with van der Waals surface area (Å²) in [6.45, 7) is 4.14. The van der Waals surface area contributed by atoms with E-state index in [-0.39, 0.29) is 19.2 Å². The third-order valence-corrected chi connectivity index (χ3v) is 2.63. The minimum absolute atomic E-state index is 0.0480. The van der Waals surface area contributed by atoms with Gasteiger partial charge in [0.05, 0.1) is 12.2 Å². The average molecular weight is 222 g/mol. The molecular formula is C13H18O3. The van der Waals surface area contributed by atoms with Crippen LogP contribution >= 0.6 is 0 Å². The summed E-state index contributed by atoms with van der Waals surface area (Å²) in [5.74, 6) is 0.0600. The maximum absolute atomic E-state index is 11.5. The highest BCUT2D eigenvalue weighted by molar-refractivity contribution is 5.89. The van der Waals surface area contributed by atoms with Gasteiger partial charge in [-0.3, -0.25) is 0 Å². The van der Waals surface area contributed by atoms with Crippen LogP contribution in [0.25, 0.3) is 0 Å². The molecular weight excluding hydrogens is 204 g/mol. The van der Waals surface area contributed by atoms with Crippen LogP contribution in [0.4, 0.5) is 0 Å². The van der Waals surface area contributed by atoms with E-state index in [0.29, 0.717) is 11.5 Å². The molecule has 1 atom stereocenters. The van der Waals surface area contributed by atoms with Gasteiger partial charge in [0.15, 0.2) is 0 Å². The Morgan fingerprint density at radius 3 is 2.88 bits per heavy atom. The molecule has 0 fully saturated rings. The van der Waals surface area contributed by atoms with Crippen LogP contribution in [-0.4, -0.2) is 24.3 Å². The van der Waals surface area contributed by atoms with Crippen molar-refractivity contribution < 1.29 is 14.6 Å². The fourth-order valence-electron chi connectivity index (χ4n) is 1.43. The molecule has 0 bridgehead atoms. The second-order valence-corrected chi connectivity index (χ2v) is 3.79. The summed E-state index contributed by atoms with van der Waals surface area (Å²) < 4.78 is 4.86. The van der Waals surface area contributed by atoms with Gasteiger partial charge < -0.3 is 9.84 Å². The SMILES string of the molecule is CCC(C)c1cccc(C(=O)OCCO)c1. The molecule has 0 heterocycles. The predicted octanol–water partition coefficient (Wildman–Crippen LogP) is 2.35. The summed E-state index contributed by atoms with van der Waals surface area (Å²) in [6.07, 6.45) is 1.04. The van der Waals surface area contributed by atoms with Gasteiger partial charge in [0, 0.05) is 0 Å².